The van der Waals surface area contributed by atoms with Gasteiger partial charge in [-0.25, -0.2) is 0 Å². The Kier molecular flexibility index (Phi) is 1.68. The van der Waals surface area contributed by atoms with Gasteiger partial charge in [-0.1, -0.05) is 13.8 Å². The van der Waals surface area contributed by atoms with E-state index in [9.17, 15) is 4.79 Å². The molecule has 1 fully saturated rings. The van der Waals surface area contributed by atoms with E-state index in [-0.39, 0.29) is 17.6 Å². The second-order valence-electron chi connectivity index (χ2n) is 3.36. The van der Waals surface area contributed by atoms with E-state index < -0.39 is 0 Å². The van der Waals surface area contributed by atoms with Crippen LogP contribution in [0.3, 0.4) is 0 Å². The maximum Gasteiger partial charge on any atom is 0.304 e. The van der Waals surface area contributed by atoms with Crippen LogP contribution in [0, 0.1) is 5.41 Å². The largest absolute Gasteiger partial charge is 0.446 e. The first-order valence-corrected chi connectivity index (χ1v) is 3.43. The van der Waals surface area contributed by atoms with Crippen LogP contribution in [0.2, 0.25) is 0 Å². The number of rotatable bonds is 1. The summed E-state index contributed by atoms with van der Waals surface area (Å²) >= 11 is 0. The molecule has 1 N–H and O–H groups in total. The number of ether oxygens (including phenoxy) is 1. The summed E-state index contributed by atoms with van der Waals surface area (Å²) in [6.45, 7) is 6.48. The Morgan fingerprint density at radius 1 is 1.70 bits per heavy atom. The Morgan fingerprint density at radius 3 is 2.40 bits per heavy atom. The predicted octanol–water partition coefficient (Wildman–Crippen LogP) is 0.505. The SMILES string of the molecule is CC(=O)O[C@@H]1NCC1(C)C. The summed E-state index contributed by atoms with van der Waals surface area (Å²) in [5, 5.41) is 3.02. The summed E-state index contributed by atoms with van der Waals surface area (Å²) in [5.41, 5.74) is 0.117. The first kappa shape index (κ1) is 7.54. The molecule has 3 nitrogen and oxygen atoms in total. The van der Waals surface area contributed by atoms with Crippen molar-refractivity contribution in [3.63, 3.8) is 0 Å². The molecule has 0 aromatic carbocycles. The van der Waals surface area contributed by atoms with Gasteiger partial charge in [0.25, 0.3) is 0 Å². The summed E-state index contributed by atoms with van der Waals surface area (Å²) in [4.78, 5) is 10.5. The quantitative estimate of drug-likeness (QED) is 0.543. The summed E-state index contributed by atoms with van der Waals surface area (Å²) in [5.74, 6) is -0.217. The lowest BCUT2D eigenvalue weighted by atomic mass is 9.84. The highest BCUT2D eigenvalue weighted by atomic mass is 16.6. The fourth-order valence-electron chi connectivity index (χ4n) is 0.961. The number of nitrogens with one attached hydrogen (secondary N) is 1. The van der Waals surface area contributed by atoms with Crippen molar-refractivity contribution in [3.05, 3.63) is 0 Å². The molecule has 0 unspecified atom stereocenters. The molecule has 0 radical (unpaired) electrons. The van der Waals surface area contributed by atoms with Crippen LogP contribution < -0.4 is 5.32 Å². The minimum absolute atomic E-state index is 0.0787. The average Bonchev–Trinajstić information content (AvgIpc) is 1.81. The number of carbonyl (C=O) groups is 1. The molecule has 0 aromatic rings. The van der Waals surface area contributed by atoms with Crippen LogP contribution >= 0.6 is 0 Å². The molecule has 1 atom stereocenters. The fraction of sp³-hybridized carbons (Fsp3) is 0.857. The van der Waals surface area contributed by atoms with Crippen molar-refractivity contribution >= 4 is 5.97 Å². The summed E-state index contributed by atoms with van der Waals surface area (Å²) in [6, 6.07) is 0. The van der Waals surface area contributed by atoms with Crippen molar-refractivity contribution in [1.82, 2.24) is 5.32 Å². The maximum atomic E-state index is 10.5. The molecule has 10 heavy (non-hydrogen) atoms. The average molecular weight is 143 g/mol. The molecule has 0 aromatic heterocycles. The van der Waals surface area contributed by atoms with E-state index in [1.165, 1.54) is 6.92 Å². The summed E-state index contributed by atoms with van der Waals surface area (Å²) < 4.78 is 4.95. The van der Waals surface area contributed by atoms with E-state index >= 15 is 0 Å². The highest BCUT2D eigenvalue weighted by molar-refractivity contribution is 5.66. The van der Waals surface area contributed by atoms with Crippen LogP contribution in [-0.2, 0) is 9.53 Å². The van der Waals surface area contributed by atoms with E-state index in [0.717, 1.165) is 6.54 Å². The number of esters is 1. The molecular weight excluding hydrogens is 130 g/mol. The van der Waals surface area contributed by atoms with Gasteiger partial charge in [0.05, 0.1) is 0 Å². The molecule has 1 saturated heterocycles. The second kappa shape index (κ2) is 2.23. The van der Waals surface area contributed by atoms with Gasteiger partial charge in [-0.2, -0.15) is 0 Å². The first-order chi connectivity index (χ1) is 4.52. The molecular formula is C7H13NO2. The van der Waals surface area contributed by atoms with Crippen LogP contribution in [0.25, 0.3) is 0 Å². The highest BCUT2D eigenvalue weighted by Gasteiger charge is 2.40. The van der Waals surface area contributed by atoms with Gasteiger partial charge >= 0.3 is 5.97 Å². The smallest absolute Gasteiger partial charge is 0.304 e. The van der Waals surface area contributed by atoms with Crippen molar-refractivity contribution < 1.29 is 9.53 Å². The van der Waals surface area contributed by atoms with Gasteiger partial charge in [0.1, 0.15) is 0 Å². The molecule has 0 spiro atoms. The molecule has 58 valence electrons. The van der Waals surface area contributed by atoms with Gasteiger partial charge in [-0.3, -0.25) is 10.1 Å². The molecule has 1 aliphatic rings. The summed E-state index contributed by atoms with van der Waals surface area (Å²) in [7, 11) is 0. The van der Waals surface area contributed by atoms with Crippen molar-refractivity contribution in [2.75, 3.05) is 6.54 Å². The lowest BCUT2D eigenvalue weighted by molar-refractivity contribution is -0.165. The van der Waals surface area contributed by atoms with Crippen molar-refractivity contribution in [2.24, 2.45) is 5.41 Å². The third kappa shape index (κ3) is 1.29. The molecule has 0 bridgehead atoms. The van der Waals surface area contributed by atoms with Crippen LogP contribution in [-0.4, -0.2) is 18.7 Å². The van der Waals surface area contributed by atoms with Crippen LogP contribution in [0.5, 0.6) is 0 Å². The molecule has 1 heterocycles. The Balaban J connectivity index is 2.37. The zero-order valence-corrected chi connectivity index (χ0v) is 6.60. The van der Waals surface area contributed by atoms with E-state index in [2.05, 4.69) is 19.2 Å². The van der Waals surface area contributed by atoms with E-state index in [1.807, 2.05) is 0 Å². The normalized spacial score (nSPS) is 28.9. The molecule has 3 heteroatoms. The highest BCUT2D eigenvalue weighted by Crippen LogP contribution is 2.28. The zero-order chi connectivity index (χ0) is 7.78. The topological polar surface area (TPSA) is 38.3 Å². The third-order valence-corrected chi connectivity index (χ3v) is 1.74. The molecule has 1 aliphatic heterocycles. The molecule has 0 amide bonds. The molecule has 0 saturated carbocycles. The predicted molar refractivity (Wildman–Crippen MR) is 37.3 cm³/mol. The van der Waals surface area contributed by atoms with Gasteiger partial charge in [0.15, 0.2) is 6.23 Å². The lowest BCUT2D eigenvalue weighted by Gasteiger charge is -2.43. The van der Waals surface area contributed by atoms with Crippen molar-refractivity contribution in [1.29, 1.82) is 0 Å². The molecule has 1 rings (SSSR count). The minimum Gasteiger partial charge on any atom is -0.446 e. The Morgan fingerprint density at radius 2 is 2.30 bits per heavy atom. The summed E-state index contributed by atoms with van der Waals surface area (Å²) in [6.07, 6.45) is -0.0787. The monoisotopic (exact) mass is 143 g/mol. The van der Waals surface area contributed by atoms with Crippen LogP contribution in [0.1, 0.15) is 20.8 Å². The first-order valence-electron chi connectivity index (χ1n) is 3.43. The van der Waals surface area contributed by atoms with Gasteiger partial charge in [-0.05, 0) is 0 Å². The Labute approximate surface area is 60.7 Å². The molecule has 0 aliphatic carbocycles. The van der Waals surface area contributed by atoms with Gasteiger partial charge in [0, 0.05) is 18.9 Å². The van der Waals surface area contributed by atoms with Gasteiger partial charge in [0.2, 0.25) is 0 Å². The van der Waals surface area contributed by atoms with Crippen molar-refractivity contribution in [3.8, 4) is 0 Å². The number of hydrogen-bond acceptors (Lipinski definition) is 3. The standard InChI is InChI=1S/C7H13NO2/c1-5(9)10-6-7(2,3)4-8-6/h6,8H,4H2,1-3H3/t6-/m0/s1. The van der Waals surface area contributed by atoms with Crippen LogP contribution in [0.4, 0.5) is 0 Å². The fourth-order valence-corrected chi connectivity index (χ4v) is 0.961. The van der Waals surface area contributed by atoms with E-state index in [0.29, 0.717) is 0 Å². The van der Waals surface area contributed by atoms with E-state index in [4.69, 9.17) is 4.74 Å². The number of carbonyl (C=O) groups excluding carboxylic acids is 1. The van der Waals surface area contributed by atoms with E-state index in [1.54, 1.807) is 0 Å². The van der Waals surface area contributed by atoms with Crippen molar-refractivity contribution in [2.45, 2.75) is 27.0 Å². The Hall–Kier alpha value is -0.570. The van der Waals surface area contributed by atoms with Gasteiger partial charge < -0.3 is 4.74 Å². The van der Waals surface area contributed by atoms with Crippen LogP contribution in [0.15, 0.2) is 0 Å². The zero-order valence-electron chi connectivity index (χ0n) is 6.60. The minimum atomic E-state index is -0.217. The van der Waals surface area contributed by atoms with Gasteiger partial charge in [-0.15, -0.1) is 0 Å². The number of hydrogen-bond donors (Lipinski definition) is 1. The second-order valence-corrected chi connectivity index (χ2v) is 3.36. The maximum absolute atomic E-state index is 10.5. The Bertz CT molecular complexity index is 154. The third-order valence-electron chi connectivity index (χ3n) is 1.74. The lowest BCUT2D eigenvalue weighted by Crippen LogP contribution is -2.61.